The van der Waals surface area contributed by atoms with Crippen molar-refractivity contribution >= 4 is 0 Å². The molecule has 0 aromatic carbocycles. The van der Waals surface area contributed by atoms with Crippen molar-refractivity contribution < 1.29 is 4.52 Å². The van der Waals surface area contributed by atoms with Crippen molar-refractivity contribution in [2.75, 3.05) is 13.1 Å². The zero-order valence-corrected chi connectivity index (χ0v) is 10.5. The summed E-state index contributed by atoms with van der Waals surface area (Å²) in [7, 11) is 0. The van der Waals surface area contributed by atoms with Crippen LogP contribution in [0, 0.1) is 6.92 Å². The van der Waals surface area contributed by atoms with E-state index in [0.29, 0.717) is 6.04 Å². The molecule has 1 aromatic heterocycles. The Labute approximate surface area is 97.8 Å². The van der Waals surface area contributed by atoms with Crippen LogP contribution in [0.5, 0.6) is 0 Å². The van der Waals surface area contributed by atoms with Crippen molar-refractivity contribution in [1.82, 2.24) is 15.8 Å². The summed E-state index contributed by atoms with van der Waals surface area (Å²) in [6.45, 7) is 9.19. The smallest absolute Gasteiger partial charge is 0.133 e. The predicted octanol–water partition coefficient (Wildman–Crippen LogP) is 1.85. The molecular formula is C12H23N3O. The first-order valence-electron chi connectivity index (χ1n) is 6.05. The molecule has 0 saturated heterocycles. The van der Waals surface area contributed by atoms with Gasteiger partial charge in [-0.2, -0.15) is 0 Å². The molecular weight excluding hydrogens is 202 g/mol. The van der Waals surface area contributed by atoms with E-state index in [4.69, 9.17) is 4.52 Å². The van der Waals surface area contributed by atoms with Gasteiger partial charge in [0.1, 0.15) is 5.76 Å². The molecule has 0 unspecified atom stereocenters. The van der Waals surface area contributed by atoms with E-state index in [1.165, 1.54) is 12.8 Å². The zero-order valence-electron chi connectivity index (χ0n) is 10.5. The Morgan fingerprint density at radius 3 is 2.69 bits per heavy atom. The van der Waals surface area contributed by atoms with Crippen LogP contribution in [0.2, 0.25) is 0 Å². The van der Waals surface area contributed by atoms with Gasteiger partial charge >= 0.3 is 0 Å². The molecule has 92 valence electrons. The van der Waals surface area contributed by atoms with Crippen molar-refractivity contribution in [3.05, 3.63) is 17.5 Å². The van der Waals surface area contributed by atoms with Crippen LogP contribution in [0.1, 0.15) is 38.1 Å². The van der Waals surface area contributed by atoms with Gasteiger partial charge in [0.25, 0.3) is 0 Å². The Hall–Kier alpha value is -0.870. The lowest BCUT2D eigenvalue weighted by molar-refractivity contribution is 0.388. The van der Waals surface area contributed by atoms with Crippen molar-refractivity contribution in [1.29, 1.82) is 0 Å². The van der Waals surface area contributed by atoms with Crippen molar-refractivity contribution in [2.24, 2.45) is 0 Å². The van der Waals surface area contributed by atoms with Gasteiger partial charge in [-0.15, -0.1) is 0 Å². The van der Waals surface area contributed by atoms with E-state index in [-0.39, 0.29) is 0 Å². The molecule has 4 heteroatoms. The van der Waals surface area contributed by atoms with Crippen LogP contribution >= 0.6 is 0 Å². The lowest BCUT2D eigenvalue weighted by Crippen LogP contribution is -2.24. The Balaban J connectivity index is 1.92. The highest BCUT2D eigenvalue weighted by Gasteiger charge is 1.98. The fraction of sp³-hybridized carbons (Fsp3) is 0.750. The molecule has 0 bridgehead atoms. The highest BCUT2D eigenvalue weighted by molar-refractivity contribution is 5.02. The first kappa shape index (κ1) is 13.2. The van der Waals surface area contributed by atoms with Gasteiger partial charge in [-0.1, -0.05) is 19.0 Å². The fourth-order valence-corrected chi connectivity index (χ4v) is 1.48. The second kappa shape index (κ2) is 7.41. The highest BCUT2D eigenvalue weighted by atomic mass is 16.5. The van der Waals surface area contributed by atoms with E-state index in [2.05, 4.69) is 29.6 Å². The summed E-state index contributed by atoms with van der Waals surface area (Å²) in [4.78, 5) is 0. The number of hydrogen-bond donors (Lipinski definition) is 2. The molecule has 0 amide bonds. The fourth-order valence-electron chi connectivity index (χ4n) is 1.48. The number of hydrogen-bond acceptors (Lipinski definition) is 4. The molecule has 0 aliphatic carbocycles. The molecule has 1 aromatic rings. The summed E-state index contributed by atoms with van der Waals surface area (Å²) < 4.78 is 4.99. The molecule has 0 atom stereocenters. The molecule has 0 radical (unpaired) electrons. The van der Waals surface area contributed by atoms with E-state index in [1.807, 2.05) is 13.0 Å². The van der Waals surface area contributed by atoms with Gasteiger partial charge in [0.05, 0.1) is 5.69 Å². The minimum Gasteiger partial charge on any atom is -0.361 e. The second-order valence-electron chi connectivity index (χ2n) is 4.42. The van der Waals surface area contributed by atoms with Crippen LogP contribution in [0.15, 0.2) is 10.6 Å². The van der Waals surface area contributed by atoms with Gasteiger partial charge in [0.15, 0.2) is 0 Å². The molecule has 0 aliphatic heterocycles. The molecule has 1 rings (SSSR count). The number of rotatable bonds is 8. The molecule has 0 saturated carbocycles. The maximum absolute atomic E-state index is 4.99. The maximum atomic E-state index is 4.99. The van der Waals surface area contributed by atoms with E-state index in [9.17, 15) is 0 Å². The van der Waals surface area contributed by atoms with E-state index >= 15 is 0 Å². The Kier molecular flexibility index (Phi) is 6.11. The molecule has 0 fully saturated rings. The van der Waals surface area contributed by atoms with Crippen molar-refractivity contribution in [3.63, 3.8) is 0 Å². The lowest BCUT2D eigenvalue weighted by Gasteiger charge is -2.07. The third-order valence-electron chi connectivity index (χ3n) is 2.32. The summed E-state index contributed by atoms with van der Waals surface area (Å²) in [6, 6.07) is 2.55. The van der Waals surface area contributed by atoms with Gasteiger partial charge in [-0.05, 0) is 32.9 Å². The molecule has 4 nitrogen and oxygen atoms in total. The van der Waals surface area contributed by atoms with Gasteiger partial charge in [-0.3, -0.25) is 0 Å². The SMILES string of the molecule is Cc1cc(CNCCCCNC(C)C)no1. The minimum atomic E-state index is 0.589. The van der Waals surface area contributed by atoms with Crippen LogP contribution in [0.3, 0.4) is 0 Å². The van der Waals surface area contributed by atoms with Gasteiger partial charge in [0.2, 0.25) is 0 Å². The molecule has 0 aliphatic rings. The summed E-state index contributed by atoms with van der Waals surface area (Å²) in [5.41, 5.74) is 0.984. The monoisotopic (exact) mass is 225 g/mol. The summed E-state index contributed by atoms with van der Waals surface area (Å²) >= 11 is 0. The van der Waals surface area contributed by atoms with Crippen LogP contribution in [-0.4, -0.2) is 24.3 Å². The normalized spacial score (nSPS) is 11.2. The van der Waals surface area contributed by atoms with Crippen molar-refractivity contribution in [3.8, 4) is 0 Å². The molecule has 16 heavy (non-hydrogen) atoms. The summed E-state index contributed by atoms with van der Waals surface area (Å²) in [6.07, 6.45) is 2.40. The van der Waals surface area contributed by atoms with E-state index in [1.54, 1.807) is 0 Å². The average Bonchev–Trinajstić information content (AvgIpc) is 2.62. The lowest BCUT2D eigenvalue weighted by atomic mass is 10.3. The minimum absolute atomic E-state index is 0.589. The third-order valence-corrected chi connectivity index (χ3v) is 2.32. The van der Waals surface area contributed by atoms with Crippen molar-refractivity contribution in [2.45, 2.75) is 46.2 Å². The number of unbranched alkanes of at least 4 members (excludes halogenated alkanes) is 1. The molecule has 0 spiro atoms. The number of aromatic nitrogens is 1. The zero-order chi connectivity index (χ0) is 11.8. The second-order valence-corrected chi connectivity index (χ2v) is 4.42. The van der Waals surface area contributed by atoms with Gasteiger partial charge < -0.3 is 15.2 Å². The maximum Gasteiger partial charge on any atom is 0.133 e. The summed E-state index contributed by atoms with van der Waals surface area (Å²) in [5.74, 6) is 0.873. The topological polar surface area (TPSA) is 50.1 Å². The highest BCUT2D eigenvalue weighted by Crippen LogP contribution is 2.00. The van der Waals surface area contributed by atoms with E-state index in [0.717, 1.165) is 31.1 Å². The molecule has 2 N–H and O–H groups in total. The predicted molar refractivity (Wildman–Crippen MR) is 65.3 cm³/mol. The number of nitrogens with one attached hydrogen (secondary N) is 2. The largest absolute Gasteiger partial charge is 0.361 e. The average molecular weight is 225 g/mol. The van der Waals surface area contributed by atoms with Crippen LogP contribution in [0.25, 0.3) is 0 Å². The standard InChI is InChI=1S/C12H23N3O/c1-10(2)14-7-5-4-6-13-9-12-8-11(3)16-15-12/h8,10,13-14H,4-7,9H2,1-3H3. The number of aryl methyl sites for hydroxylation is 1. The first-order chi connectivity index (χ1) is 7.68. The van der Waals surface area contributed by atoms with E-state index < -0.39 is 0 Å². The first-order valence-corrected chi connectivity index (χ1v) is 6.05. The molecule has 1 heterocycles. The Morgan fingerprint density at radius 1 is 1.31 bits per heavy atom. The van der Waals surface area contributed by atoms with Crippen LogP contribution in [0.4, 0.5) is 0 Å². The van der Waals surface area contributed by atoms with Crippen LogP contribution < -0.4 is 10.6 Å². The van der Waals surface area contributed by atoms with Gasteiger partial charge in [-0.25, -0.2) is 0 Å². The Morgan fingerprint density at radius 2 is 2.06 bits per heavy atom. The quantitative estimate of drug-likeness (QED) is 0.663. The Bertz CT molecular complexity index is 284. The van der Waals surface area contributed by atoms with Crippen LogP contribution in [-0.2, 0) is 6.54 Å². The van der Waals surface area contributed by atoms with Gasteiger partial charge in [0, 0.05) is 18.7 Å². The third kappa shape index (κ3) is 5.88. The number of nitrogens with zero attached hydrogens (tertiary/aromatic N) is 1. The summed E-state index contributed by atoms with van der Waals surface area (Å²) in [5, 5.41) is 10.7.